The van der Waals surface area contributed by atoms with Crippen LogP contribution in [-0.4, -0.2) is 12.5 Å². The summed E-state index contributed by atoms with van der Waals surface area (Å²) in [5.74, 6) is 0.0341. The minimum Gasteiger partial charge on any atom is -1.00 e. The van der Waals surface area contributed by atoms with Crippen LogP contribution < -0.4 is 17.7 Å². The van der Waals surface area contributed by atoms with Crippen molar-refractivity contribution < 1.29 is 22.5 Å². The van der Waals surface area contributed by atoms with E-state index in [2.05, 4.69) is 6.58 Å². The first kappa shape index (κ1) is 11.5. The molecule has 0 unspecified atom stereocenters. The van der Waals surface area contributed by atoms with Gasteiger partial charge in [0.25, 0.3) is 0 Å². The summed E-state index contributed by atoms with van der Waals surface area (Å²) < 4.78 is 0. The Hall–Kier alpha value is -0.340. The third-order valence-electron chi connectivity index (χ3n) is 0.835. The summed E-state index contributed by atoms with van der Waals surface area (Å²) in [4.78, 5) is 10.4. The second-order valence-corrected chi connectivity index (χ2v) is 1.60. The van der Waals surface area contributed by atoms with Gasteiger partial charge in [0.1, 0.15) is 0 Å². The summed E-state index contributed by atoms with van der Waals surface area (Å²) in [6, 6.07) is 0. The Morgan fingerprint density at radius 3 is 2.67 bits per heavy atom. The molecule has 0 heterocycles. The molecular weight excluding hydrogens is 138 g/mol. The fourth-order valence-electron chi connectivity index (χ4n) is 0.370. The summed E-state index contributed by atoms with van der Waals surface area (Å²) in [6.07, 6.45) is 2.36. The summed E-state index contributed by atoms with van der Waals surface area (Å²) in [6.45, 7) is 6.23. The minimum atomic E-state index is 0. The van der Waals surface area contributed by atoms with Crippen molar-refractivity contribution in [3.63, 3.8) is 0 Å². The van der Waals surface area contributed by atoms with Gasteiger partial charge < -0.3 is 12.4 Å². The Morgan fingerprint density at radius 2 is 2.33 bits per heavy atom. The zero-order valence-corrected chi connectivity index (χ0v) is 6.32. The number of hydrogen-bond acceptors (Lipinski definition) is 1. The monoisotopic (exact) mass is 149 g/mol. The lowest BCUT2D eigenvalue weighted by molar-refractivity contribution is -0.564. The third-order valence-corrected chi connectivity index (χ3v) is 0.835. The van der Waals surface area contributed by atoms with Gasteiger partial charge in [-0.05, 0) is 6.42 Å². The molecule has 0 saturated carbocycles. The summed E-state index contributed by atoms with van der Waals surface area (Å²) in [5.41, 5.74) is 0. The van der Waals surface area contributed by atoms with Crippen LogP contribution in [-0.2, 0) is 4.79 Å². The molecule has 0 aliphatic carbocycles. The molecule has 0 rings (SSSR count). The Morgan fingerprint density at radius 1 is 1.78 bits per heavy atom. The van der Waals surface area contributed by atoms with Gasteiger partial charge in [-0.2, -0.15) is 0 Å². The normalized spacial score (nSPS) is 7.67. The molecule has 0 atom stereocenters. The van der Waals surface area contributed by atoms with E-state index in [1.54, 1.807) is 5.32 Å². The van der Waals surface area contributed by atoms with Crippen molar-refractivity contribution in [2.45, 2.75) is 13.3 Å². The molecule has 0 radical (unpaired) electrons. The fourth-order valence-corrected chi connectivity index (χ4v) is 0.370. The van der Waals surface area contributed by atoms with Gasteiger partial charge in [-0.25, -0.2) is 4.79 Å². The highest BCUT2D eigenvalue weighted by atomic mass is 35.5. The molecule has 2 N–H and O–H groups in total. The van der Waals surface area contributed by atoms with Gasteiger partial charge in [-0.1, -0.05) is 13.5 Å². The fraction of sp³-hybridized carbons (Fsp3) is 0.500. The number of quaternary nitrogens is 1. The van der Waals surface area contributed by atoms with Crippen LogP contribution >= 0.6 is 0 Å². The molecule has 0 aliphatic rings. The zero-order chi connectivity index (χ0) is 6.41. The molecular formula is C6H12ClNO. The van der Waals surface area contributed by atoms with E-state index in [0.29, 0.717) is 0 Å². The lowest BCUT2D eigenvalue weighted by Gasteiger charge is -1.88. The second-order valence-electron chi connectivity index (χ2n) is 1.60. The Kier molecular flexibility index (Phi) is 9.75. The highest BCUT2D eigenvalue weighted by Crippen LogP contribution is 1.60. The number of amides is 1. The quantitative estimate of drug-likeness (QED) is 0.419. The van der Waals surface area contributed by atoms with Crippen LogP contribution in [0.3, 0.4) is 0 Å². The van der Waals surface area contributed by atoms with Crippen molar-refractivity contribution in [2.75, 3.05) is 6.54 Å². The van der Waals surface area contributed by atoms with Crippen LogP contribution in [0.2, 0.25) is 0 Å². The van der Waals surface area contributed by atoms with Crippen molar-refractivity contribution in [1.29, 1.82) is 0 Å². The van der Waals surface area contributed by atoms with Crippen molar-refractivity contribution in [2.24, 2.45) is 0 Å². The largest absolute Gasteiger partial charge is 1.00 e. The van der Waals surface area contributed by atoms with Gasteiger partial charge in [0.15, 0.2) is 0 Å². The number of hydrogen-bond donors (Lipinski definition) is 1. The standard InChI is InChI=1S/C6H11NO.ClH/c1-3-5-7-6(8)4-2;/h4H,2-3,5H2,1H3,(H,7,8);1H. The maximum absolute atomic E-state index is 10.4. The molecule has 0 spiro atoms. The van der Waals surface area contributed by atoms with Crippen molar-refractivity contribution in [3.05, 3.63) is 12.7 Å². The number of carbonyl (C=O) groups excluding carboxylic acids is 1. The molecule has 0 bridgehead atoms. The molecule has 0 aromatic rings. The van der Waals surface area contributed by atoms with E-state index >= 15 is 0 Å². The van der Waals surface area contributed by atoms with Gasteiger partial charge in [0.2, 0.25) is 0 Å². The van der Waals surface area contributed by atoms with Gasteiger partial charge in [0.05, 0.1) is 6.54 Å². The number of rotatable bonds is 3. The van der Waals surface area contributed by atoms with Crippen LogP contribution in [0.15, 0.2) is 12.7 Å². The van der Waals surface area contributed by atoms with Gasteiger partial charge in [-0.3, -0.25) is 5.32 Å². The molecule has 0 saturated heterocycles. The topological polar surface area (TPSA) is 33.7 Å². The zero-order valence-electron chi connectivity index (χ0n) is 5.56. The van der Waals surface area contributed by atoms with Crippen LogP contribution in [0.1, 0.15) is 13.3 Å². The molecule has 0 aromatic heterocycles. The van der Waals surface area contributed by atoms with Crippen molar-refractivity contribution >= 4 is 5.91 Å². The average Bonchev–Trinajstić information content (AvgIpc) is 1.83. The Balaban J connectivity index is 0. The third kappa shape index (κ3) is 7.66. The summed E-state index contributed by atoms with van der Waals surface area (Å²) >= 11 is 0. The predicted molar refractivity (Wildman–Crippen MR) is 32.3 cm³/mol. The van der Waals surface area contributed by atoms with Crippen LogP contribution in [0, 0.1) is 0 Å². The van der Waals surface area contributed by atoms with Crippen molar-refractivity contribution in [3.8, 4) is 0 Å². The first-order valence-electron chi connectivity index (χ1n) is 2.81. The van der Waals surface area contributed by atoms with E-state index in [4.69, 9.17) is 0 Å². The lowest BCUT2D eigenvalue weighted by atomic mass is 10.4. The van der Waals surface area contributed by atoms with E-state index in [0.717, 1.165) is 13.0 Å². The predicted octanol–water partition coefficient (Wildman–Crippen LogP) is -3.32. The van der Waals surface area contributed by atoms with E-state index < -0.39 is 0 Å². The molecule has 0 aliphatic heterocycles. The molecule has 54 valence electrons. The average molecular weight is 150 g/mol. The molecule has 2 nitrogen and oxygen atoms in total. The summed E-state index contributed by atoms with van der Waals surface area (Å²) in [5, 5.41) is 1.65. The van der Waals surface area contributed by atoms with E-state index in [1.165, 1.54) is 6.08 Å². The van der Waals surface area contributed by atoms with Gasteiger partial charge in [-0.15, -0.1) is 0 Å². The highest BCUT2D eigenvalue weighted by Gasteiger charge is 1.93. The van der Waals surface area contributed by atoms with Crippen LogP contribution in [0.4, 0.5) is 0 Å². The van der Waals surface area contributed by atoms with E-state index in [1.807, 2.05) is 6.92 Å². The van der Waals surface area contributed by atoms with Crippen LogP contribution in [0.5, 0.6) is 0 Å². The van der Waals surface area contributed by atoms with Gasteiger partial charge in [0, 0.05) is 6.08 Å². The SMILES string of the molecule is C=CC(=O)[NH2+]CCC.[Cl-]. The molecule has 3 heteroatoms. The van der Waals surface area contributed by atoms with E-state index in [9.17, 15) is 4.79 Å². The van der Waals surface area contributed by atoms with E-state index in [-0.39, 0.29) is 18.3 Å². The van der Waals surface area contributed by atoms with Gasteiger partial charge >= 0.3 is 5.91 Å². The maximum atomic E-state index is 10.4. The Bertz CT molecular complexity index is 93.1. The smallest absolute Gasteiger partial charge is 0.334 e. The first-order valence-corrected chi connectivity index (χ1v) is 2.81. The number of halogens is 1. The number of primary amides is 1. The lowest BCUT2D eigenvalue weighted by Crippen LogP contribution is -3.00. The molecule has 0 aromatic carbocycles. The summed E-state index contributed by atoms with van der Waals surface area (Å²) in [7, 11) is 0. The second kappa shape index (κ2) is 7.66. The van der Waals surface area contributed by atoms with Crippen LogP contribution in [0.25, 0.3) is 0 Å². The minimum absolute atomic E-state index is 0. The number of nitrogens with two attached hydrogens (primary N) is 1. The highest BCUT2D eigenvalue weighted by molar-refractivity contribution is 5.77. The molecule has 9 heavy (non-hydrogen) atoms. The number of carbonyl (C=O) groups is 1. The maximum Gasteiger partial charge on any atom is 0.334 e. The molecule has 1 amide bonds. The first-order chi connectivity index (χ1) is 3.81. The van der Waals surface area contributed by atoms with Crippen molar-refractivity contribution in [1.82, 2.24) is 0 Å². The molecule has 0 fully saturated rings. The Labute approximate surface area is 61.7 Å².